The Morgan fingerprint density at radius 1 is 0.926 bits per heavy atom. The Kier molecular flexibility index (Phi) is 7.30. The molecule has 0 aliphatic heterocycles. The average molecular weight is 398 g/mol. The van der Waals surface area contributed by atoms with Crippen LogP contribution < -0.4 is 10.0 Å². The first-order valence-corrected chi connectivity index (χ1v) is 9.95. The van der Waals surface area contributed by atoms with Crippen LogP contribution in [0.3, 0.4) is 0 Å². The molecule has 2 rings (SSSR count). The molecule has 27 heavy (non-hydrogen) atoms. The molecule has 0 aliphatic rings. The predicted molar refractivity (Wildman–Crippen MR) is 105 cm³/mol. The van der Waals surface area contributed by atoms with Gasteiger partial charge in [0.2, 0.25) is 0 Å². The maximum atomic E-state index is 13.5. The molecule has 0 bridgehead atoms. The third kappa shape index (κ3) is 4.83. The lowest BCUT2D eigenvalue weighted by molar-refractivity contribution is -0.136. The molecule has 0 saturated carbocycles. The van der Waals surface area contributed by atoms with Gasteiger partial charge in [0, 0.05) is 17.8 Å². The van der Waals surface area contributed by atoms with Crippen LogP contribution in [0.2, 0.25) is 0 Å². The van der Waals surface area contributed by atoms with Crippen molar-refractivity contribution in [2.75, 3.05) is 13.9 Å². The highest BCUT2D eigenvalue weighted by Gasteiger charge is 2.38. The van der Waals surface area contributed by atoms with E-state index in [9.17, 15) is 13.2 Å². The van der Waals surface area contributed by atoms with Crippen molar-refractivity contribution in [1.29, 1.82) is 0 Å². The number of ether oxygens (including phenoxy) is 2. The van der Waals surface area contributed by atoms with E-state index in [0.717, 1.165) is 17.2 Å². The number of rotatable bonds is 8. The van der Waals surface area contributed by atoms with Crippen molar-refractivity contribution in [3.8, 4) is 5.75 Å². The molecule has 2 aromatic carbocycles. The van der Waals surface area contributed by atoms with Gasteiger partial charge in [-0.1, -0.05) is 58.8 Å². The lowest BCUT2D eigenvalue weighted by Gasteiger charge is -2.35. The van der Waals surface area contributed by atoms with Gasteiger partial charge in [0.1, 0.15) is 5.75 Å². The van der Waals surface area contributed by atoms with Crippen LogP contribution in [0.5, 0.6) is 5.75 Å². The summed E-state index contributed by atoms with van der Waals surface area (Å²) in [5.74, 6) is 0.708. The molecule has 148 valence electrons. The van der Waals surface area contributed by atoms with Gasteiger partial charge >= 0.3 is 6.18 Å². The molecule has 1 unspecified atom stereocenters. The Hall–Kier alpha value is -1.58. The van der Waals surface area contributed by atoms with Gasteiger partial charge in [0.15, 0.2) is 6.79 Å². The number of halogens is 3. The zero-order valence-electron chi connectivity index (χ0n) is 16.1. The van der Waals surface area contributed by atoms with Gasteiger partial charge in [0.25, 0.3) is 0 Å². The summed E-state index contributed by atoms with van der Waals surface area (Å²) in [6, 6.07) is 11.7. The zero-order valence-corrected chi connectivity index (χ0v) is 17.1. The monoisotopic (exact) mass is 398 g/mol. The van der Waals surface area contributed by atoms with Gasteiger partial charge in [-0.2, -0.15) is 13.2 Å². The number of methoxy groups -OCH3 is 1. The van der Waals surface area contributed by atoms with Crippen LogP contribution in [-0.2, 0) is 16.1 Å². The number of alkyl halides is 3. The summed E-state index contributed by atoms with van der Waals surface area (Å²) >= 11 is 0. The van der Waals surface area contributed by atoms with Crippen LogP contribution >= 0.6 is 8.58 Å². The molecule has 0 spiro atoms. The van der Waals surface area contributed by atoms with Crippen molar-refractivity contribution in [3.05, 3.63) is 59.2 Å². The van der Waals surface area contributed by atoms with E-state index in [1.807, 2.05) is 39.0 Å². The molecule has 0 heterocycles. The van der Waals surface area contributed by atoms with Gasteiger partial charge in [0.05, 0.1) is 5.56 Å². The van der Waals surface area contributed by atoms with E-state index >= 15 is 0 Å². The van der Waals surface area contributed by atoms with E-state index in [-0.39, 0.29) is 15.4 Å². The predicted octanol–water partition coefficient (Wildman–Crippen LogP) is 6.02. The van der Waals surface area contributed by atoms with Crippen molar-refractivity contribution < 1.29 is 22.6 Å². The minimum absolute atomic E-state index is 0.0273. The van der Waals surface area contributed by atoms with Gasteiger partial charge in [-0.3, -0.25) is 0 Å². The quantitative estimate of drug-likeness (QED) is 0.400. The SMILES string of the molecule is CCC(CC)(Pc1ccccc1C(F)(F)F)c1cccc(C)c1OCOC. The number of hydrogen-bond donors (Lipinski definition) is 0. The van der Waals surface area contributed by atoms with E-state index < -0.39 is 16.9 Å². The molecule has 1 atom stereocenters. The van der Waals surface area contributed by atoms with E-state index in [4.69, 9.17) is 9.47 Å². The Morgan fingerprint density at radius 2 is 1.56 bits per heavy atom. The third-order valence-corrected chi connectivity index (χ3v) is 7.02. The lowest BCUT2D eigenvalue weighted by atomic mass is 9.90. The van der Waals surface area contributed by atoms with Gasteiger partial charge < -0.3 is 9.47 Å². The largest absolute Gasteiger partial charge is 0.467 e. The van der Waals surface area contributed by atoms with Crippen LogP contribution in [0.1, 0.15) is 43.4 Å². The van der Waals surface area contributed by atoms with Gasteiger partial charge in [-0.25, -0.2) is 0 Å². The fourth-order valence-electron chi connectivity index (χ4n) is 3.31. The van der Waals surface area contributed by atoms with Crippen LogP contribution in [0, 0.1) is 6.92 Å². The van der Waals surface area contributed by atoms with Crippen molar-refractivity contribution in [2.45, 2.75) is 44.9 Å². The first-order valence-electron chi connectivity index (χ1n) is 8.95. The molecular formula is C21H26F3O2P. The average Bonchev–Trinajstić information content (AvgIpc) is 2.65. The molecule has 0 amide bonds. The highest BCUT2D eigenvalue weighted by atomic mass is 31.1. The molecule has 0 saturated heterocycles. The van der Waals surface area contributed by atoms with Gasteiger partial charge in [-0.15, -0.1) is 0 Å². The van der Waals surface area contributed by atoms with E-state index in [1.54, 1.807) is 19.2 Å². The molecule has 0 aliphatic carbocycles. The van der Waals surface area contributed by atoms with Crippen LogP contribution in [0.25, 0.3) is 0 Å². The van der Waals surface area contributed by atoms with E-state index in [0.29, 0.717) is 23.9 Å². The summed E-state index contributed by atoms with van der Waals surface area (Å²) in [6.45, 7) is 6.09. The summed E-state index contributed by atoms with van der Waals surface area (Å²) in [5, 5.41) is -0.0934. The third-order valence-electron chi connectivity index (χ3n) is 4.86. The first kappa shape index (κ1) is 21.7. The maximum Gasteiger partial charge on any atom is 0.417 e. The van der Waals surface area contributed by atoms with Crippen LogP contribution in [0.4, 0.5) is 13.2 Å². The molecular weight excluding hydrogens is 372 g/mol. The number of para-hydroxylation sites is 1. The minimum Gasteiger partial charge on any atom is -0.467 e. The van der Waals surface area contributed by atoms with E-state index in [2.05, 4.69) is 0 Å². The summed E-state index contributed by atoms with van der Waals surface area (Å²) < 4.78 is 51.4. The Bertz CT molecular complexity index is 755. The molecule has 2 nitrogen and oxygen atoms in total. The van der Waals surface area contributed by atoms with Crippen LogP contribution in [0.15, 0.2) is 42.5 Å². The molecule has 0 aromatic heterocycles. The molecule has 6 heteroatoms. The normalized spacial score (nSPS) is 12.7. The standard InChI is InChI=1S/C21H26F3O2P/c1-5-20(6-2,17-12-9-10-15(3)19(17)26-14-25-4)27-18-13-8-7-11-16(18)21(22,23)24/h7-13,27H,5-6,14H2,1-4H3. The maximum absolute atomic E-state index is 13.5. The molecule has 0 N–H and O–H groups in total. The number of benzene rings is 2. The topological polar surface area (TPSA) is 18.5 Å². The second kappa shape index (κ2) is 9.07. The second-order valence-electron chi connectivity index (χ2n) is 6.46. The fraction of sp³-hybridized carbons (Fsp3) is 0.429. The summed E-state index contributed by atoms with van der Waals surface area (Å²) in [5.41, 5.74) is 1.34. The molecule has 0 fully saturated rings. The Morgan fingerprint density at radius 3 is 2.15 bits per heavy atom. The summed E-state index contributed by atoms with van der Waals surface area (Å²) in [4.78, 5) is 0. The smallest absolute Gasteiger partial charge is 0.417 e. The number of hydrogen-bond acceptors (Lipinski definition) is 2. The highest BCUT2D eigenvalue weighted by molar-refractivity contribution is 7.48. The number of aryl methyl sites for hydroxylation is 1. The lowest BCUT2D eigenvalue weighted by Crippen LogP contribution is -2.26. The van der Waals surface area contributed by atoms with Crippen molar-refractivity contribution in [1.82, 2.24) is 0 Å². The van der Waals surface area contributed by atoms with Crippen LogP contribution in [-0.4, -0.2) is 13.9 Å². The Labute approximate surface area is 160 Å². The van der Waals surface area contributed by atoms with Crippen molar-refractivity contribution >= 4 is 13.9 Å². The molecule has 2 aromatic rings. The fourth-order valence-corrected chi connectivity index (χ4v) is 5.05. The van der Waals surface area contributed by atoms with Crippen molar-refractivity contribution in [3.63, 3.8) is 0 Å². The second-order valence-corrected chi connectivity index (χ2v) is 8.21. The molecule has 0 radical (unpaired) electrons. The van der Waals surface area contributed by atoms with E-state index in [1.165, 1.54) is 6.07 Å². The zero-order chi connectivity index (χ0) is 20.1. The first-order chi connectivity index (χ1) is 12.8. The minimum atomic E-state index is -4.36. The Balaban J connectivity index is 2.57. The summed E-state index contributed by atoms with van der Waals surface area (Å²) in [6.07, 6.45) is -2.94. The van der Waals surface area contributed by atoms with Crippen molar-refractivity contribution in [2.24, 2.45) is 0 Å². The highest BCUT2D eigenvalue weighted by Crippen LogP contribution is 2.51. The summed E-state index contributed by atoms with van der Waals surface area (Å²) in [7, 11) is 1.52. The van der Waals surface area contributed by atoms with Gasteiger partial charge in [-0.05, 0) is 36.7 Å².